The SMILES string of the molecule is C[C@@H]1CNC[C@H]1C(=O)N(C)C1(CC(=O)O)CCCCC1. The molecule has 2 fully saturated rings. The van der Waals surface area contributed by atoms with E-state index in [0.717, 1.165) is 38.6 Å². The molecule has 1 aliphatic heterocycles. The molecule has 5 heteroatoms. The number of carboxylic acid groups (broad SMARTS) is 1. The molecule has 2 rings (SSSR count). The van der Waals surface area contributed by atoms with Gasteiger partial charge in [-0.2, -0.15) is 0 Å². The van der Waals surface area contributed by atoms with E-state index in [0.29, 0.717) is 12.5 Å². The second kappa shape index (κ2) is 6.12. The number of aliphatic carboxylic acids is 1. The lowest BCUT2D eigenvalue weighted by atomic mass is 9.77. The fourth-order valence-electron chi connectivity index (χ4n) is 3.75. The predicted molar refractivity (Wildman–Crippen MR) is 76.4 cm³/mol. The number of carboxylic acids is 1. The molecule has 20 heavy (non-hydrogen) atoms. The Morgan fingerprint density at radius 1 is 1.25 bits per heavy atom. The third-order valence-electron chi connectivity index (χ3n) is 5.14. The fourth-order valence-corrected chi connectivity index (χ4v) is 3.75. The van der Waals surface area contributed by atoms with Gasteiger partial charge in [-0.15, -0.1) is 0 Å². The summed E-state index contributed by atoms with van der Waals surface area (Å²) in [6.07, 6.45) is 4.88. The van der Waals surface area contributed by atoms with Gasteiger partial charge in [-0.3, -0.25) is 9.59 Å². The topological polar surface area (TPSA) is 69.6 Å². The van der Waals surface area contributed by atoms with E-state index in [1.165, 1.54) is 0 Å². The fraction of sp³-hybridized carbons (Fsp3) is 0.867. The molecule has 0 aromatic heterocycles. The van der Waals surface area contributed by atoms with Crippen LogP contribution in [-0.4, -0.2) is 47.6 Å². The minimum absolute atomic E-state index is 0.00686. The Kier molecular flexibility index (Phi) is 4.68. The van der Waals surface area contributed by atoms with Crippen molar-refractivity contribution in [3.8, 4) is 0 Å². The van der Waals surface area contributed by atoms with E-state index in [4.69, 9.17) is 0 Å². The van der Waals surface area contributed by atoms with Crippen LogP contribution in [0.2, 0.25) is 0 Å². The van der Waals surface area contributed by atoms with Crippen LogP contribution in [0.4, 0.5) is 0 Å². The average Bonchev–Trinajstić information content (AvgIpc) is 2.83. The highest BCUT2D eigenvalue weighted by molar-refractivity contribution is 5.81. The van der Waals surface area contributed by atoms with Gasteiger partial charge in [0.25, 0.3) is 0 Å². The van der Waals surface area contributed by atoms with Crippen LogP contribution in [0.3, 0.4) is 0 Å². The lowest BCUT2D eigenvalue weighted by Gasteiger charge is -2.45. The summed E-state index contributed by atoms with van der Waals surface area (Å²) < 4.78 is 0. The van der Waals surface area contributed by atoms with E-state index < -0.39 is 11.5 Å². The molecule has 1 aliphatic carbocycles. The Morgan fingerprint density at radius 3 is 2.40 bits per heavy atom. The molecule has 0 spiro atoms. The zero-order valence-corrected chi connectivity index (χ0v) is 12.5. The second-order valence-corrected chi connectivity index (χ2v) is 6.49. The molecule has 0 aromatic carbocycles. The summed E-state index contributed by atoms with van der Waals surface area (Å²) in [6, 6.07) is 0. The molecular weight excluding hydrogens is 256 g/mol. The minimum Gasteiger partial charge on any atom is -0.481 e. The summed E-state index contributed by atoms with van der Waals surface area (Å²) in [5.41, 5.74) is -0.469. The summed E-state index contributed by atoms with van der Waals surface area (Å²) in [5.74, 6) is -0.363. The maximum Gasteiger partial charge on any atom is 0.305 e. The van der Waals surface area contributed by atoms with E-state index >= 15 is 0 Å². The van der Waals surface area contributed by atoms with Crippen molar-refractivity contribution in [2.45, 2.75) is 51.0 Å². The van der Waals surface area contributed by atoms with Crippen molar-refractivity contribution < 1.29 is 14.7 Å². The molecule has 0 bridgehead atoms. The van der Waals surface area contributed by atoms with E-state index in [9.17, 15) is 14.7 Å². The van der Waals surface area contributed by atoms with Crippen LogP contribution in [0.5, 0.6) is 0 Å². The summed E-state index contributed by atoms with van der Waals surface area (Å²) >= 11 is 0. The van der Waals surface area contributed by atoms with Gasteiger partial charge < -0.3 is 15.3 Å². The van der Waals surface area contributed by atoms with Crippen LogP contribution in [0.15, 0.2) is 0 Å². The molecule has 1 saturated heterocycles. The van der Waals surface area contributed by atoms with Crippen LogP contribution in [0.25, 0.3) is 0 Å². The minimum atomic E-state index is -0.802. The van der Waals surface area contributed by atoms with Gasteiger partial charge in [-0.05, 0) is 25.3 Å². The Balaban J connectivity index is 2.15. The van der Waals surface area contributed by atoms with Gasteiger partial charge in [-0.25, -0.2) is 0 Å². The number of carbonyl (C=O) groups excluding carboxylic acids is 1. The molecule has 0 radical (unpaired) electrons. The summed E-state index contributed by atoms with van der Waals surface area (Å²) in [7, 11) is 1.81. The number of nitrogens with zero attached hydrogens (tertiary/aromatic N) is 1. The highest BCUT2D eigenvalue weighted by Gasteiger charge is 2.43. The largest absolute Gasteiger partial charge is 0.481 e. The van der Waals surface area contributed by atoms with Gasteiger partial charge in [0.1, 0.15) is 0 Å². The number of nitrogens with one attached hydrogen (secondary N) is 1. The maximum absolute atomic E-state index is 12.7. The first-order valence-electron chi connectivity index (χ1n) is 7.66. The van der Waals surface area contributed by atoms with Crippen molar-refractivity contribution in [2.75, 3.05) is 20.1 Å². The first-order chi connectivity index (χ1) is 9.46. The van der Waals surface area contributed by atoms with Crippen LogP contribution in [0, 0.1) is 11.8 Å². The first kappa shape index (κ1) is 15.3. The van der Waals surface area contributed by atoms with Crippen LogP contribution < -0.4 is 5.32 Å². The first-order valence-corrected chi connectivity index (χ1v) is 7.66. The molecule has 1 amide bonds. The molecule has 1 saturated carbocycles. The summed E-state index contributed by atoms with van der Waals surface area (Å²) in [6.45, 7) is 3.67. The maximum atomic E-state index is 12.7. The smallest absolute Gasteiger partial charge is 0.305 e. The van der Waals surface area contributed by atoms with E-state index in [1.807, 2.05) is 7.05 Å². The van der Waals surface area contributed by atoms with Crippen LogP contribution >= 0.6 is 0 Å². The molecule has 2 aliphatic rings. The number of amides is 1. The number of carbonyl (C=O) groups is 2. The molecule has 1 heterocycles. The molecule has 0 aromatic rings. The number of hydrogen-bond donors (Lipinski definition) is 2. The Bertz CT molecular complexity index is 377. The van der Waals surface area contributed by atoms with Gasteiger partial charge >= 0.3 is 5.97 Å². The number of hydrogen-bond acceptors (Lipinski definition) is 3. The summed E-state index contributed by atoms with van der Waals surface area (Å²) in [4.78, 5) is 25.7. The Hall–Kier alpha value is -1.10. The number of rotatable bonds is 4. The van der Waals surface area contributed by atoms with Crippen molar-refractivity contribution in [1.29, 1.82) is 0 Å². The predicted octanol–water partition coefficient (Wildman–Crippen LogP) is 1.48. The molecule has 2 N–H and O–H groups in total. The Labute approximate surface area is 120 Å². The van der Waals surface area contributed by atoms with Gasteiger partial charge in [-0.1, -0.05) is 26.2 Å². The third-order valence-corrected chi connectivity index (χ3v) is 5.14. The standard InChI is InChI=1S/C15H26N2O3/c1-11-9-16-10-12(11)14(20)17(2)15(8-13(18)19)6-4-3-5-7-15/h11-12,16H,3-10H2,1-2H3,(H,18,19)/t11-,12-/m1/s1. The highest BCUT2D eigenvalue weighted by Crippen LogP contribution is 2.37. The Morgan fingerprint density at radius 2 is 1.90 bits per heavy atom. The van der Waals surface area contributed by atoms with Crippen molar-refractivity contribution >= 4 is 11.9 Å². The monoisotopic (exact) mass is 282 g/mol. The third kappa shape index (κ3) is 2.97. The van der Waals surface area contributed by atoms with Crippen LogP contribution in [0.1, 0.15) is 45.4 Å². The van der Waals surface area contributed by atoms with Crippen molar-refractivity contribution in [3.05, 3.63) is 0 Å². The van der Waals surface area contributed by atoms with Gasteiger partial charge in [0, 0.05) is 13.6 Å². The van der Waals surface area contributed by atoms with Gasteiger partial charge in [0.2, 0.25) is 5.91 Å². The lowest BCUT2D eigenvalue weighted by Crippen LogP contribution is -2.54. The van der Waals surface area contributed by atoms with Crippen molar-refractivity contribution in [3.63, 3.8) is 0 Å². The van der Waals surface area contributed by atoms with Crippen LogP contribution in [-0.2, 0) is 9.59 Å². The molecule has 5 nitrogen and oxygen atoms in total. The molecule has 0 unspecified atom stereocenters. The zero-order valence-electron chi connectivity index (χ0n) is 12.5. The van der Waals surface area contributed by atoms with E-state index in [2.05, 4.69) is 12.2 Å². The van der Waals surface area contributed by atoms with E-state index in [1.54, 1.807) is 4.90 Å². The summed E-state index contributed by atoms with van der Waals surface area (Å²) in [5, 5.41) is 12.5. The normalized spacial score (nSPS) is 29.1. The highest BCUT2D eigenvalue weighted by atomic mass is 16.4. The second-order valence-electron chi connectivity index (χ2n) is 6.49. The van der Waals surface area contributed by atoms with Gasteiger partial charge in [0.05, 0.1) is 17.9 Å². The van der Waals surface area contributed by atoms with Gasteiger partial charge in [0.15, 0.2) is 0 Å². The van der Waals surface area contributed by atoms with Crippen molar-refractivity contribution in [1.82, 2.24) is 10.2 Å². The van der Waals surface area contributed by atoms with Crippen molar-refractivity contribution in [2.24, 2.45) is 11.8 Å². The molecule has 114 valence electrons. The molecular formula is C15H26N2O3. The molecule has 2 atom stereocenters. The lowest BCUT2D eigenvalue weighted by molar-refractivity contribution is -0.148. The quantitative estimate of drug-likeness (QED) is 0.819. The van der Waals surface area contributed by atoms with E-state index in [-0.39, 0.29) is 18.2 Å². The zero-order chi connectivity index (χ0) is 14.8. The average molecular weight is 282 g/mol.